The molecule has 0 saturated heterocycles. The molecule has 110 valence electrons. The smallest absolute Gasteiger partial charge is 0.134 e. The van der Waals surface area contributed by atoms with E-state index >= 15 is 0 Å². The number of hydrogen-bond acceptors (Lipinski definition) is 3. The van der Waals surface area contributed by atoms with E-state index in [9.17, 15) is 4.39 Å². The van der Waals surface area contributed by atoms with E-state index in [0.29, 0.717) is 24.3 Å². The molecule has 0 atom stereocenters. The molecule has 3 nitrogen and oxygen atoms in total. The second-order valence-corrected chi connectivity index (χ2v) is 4.97. The minimum absolute atomic E-state index is 0.221. The monoisotopic (exact) mass is 286 g/mol. The van der Waals surface area contributed by atoms with Gasteiger partial charge < -0.3 is 9.73 Å². The highest BCUT2D eigenvalue weighted by atomic mass is 19.1. The lowest BCUT2D eigenvalue weighted by Crippen LogP contribution is -2.13. The number of rotatable bonds is 7. The van der Waals surface area contributed by atoms with Crippen LogP contribution in [0.25, 0.3) is 11.3 Å². The Hall–Kier alpha value is -2.12. The van der Waals surface area contributed by atoms with Crippen molar-refractivity contribution >= 4 is 0 Å². The Morgan fingerprint density at radius 1 is 1.24 bits per heavy atom. The molecule has 0 aliphatic rings. The van der Waals surface area contributed by atoms with Gasteiger partial charge in [-0.1, -0.05) is 12.1 Å². The van der Waals surface area contributed by atoms with Crippen molar-refractivity contribution in [3.8, 4) is 17.4 Å². The topological polar surface area (TPSA) is 49.0 Å². The highest BCUT2D eigenvalue weighted by Gasteiger charge is 2.09. The molecule has 2 rings (SSSR count). The number of halogens is 1. The summed E-state index contributed by atoms with van der Waals surface area (Å²) in [5, 5.41) is 11.7. The fraction of sp³-hybridized carbons (Fsp3) is 0.353. The zero-order valence-electron chi connectivity index (χ0n) is 12.2. The van der Waals surface area contributed by atoms with Gasteiger partial charge in [0, 0.05) is 12.0 Å². The van der Waals surface area contributed by atoms with Crippen LogP contribution in [0.5, 0.6) is 0 Å². The minimum Gasteiger partial charge on any atom is -0.460 e. The summed E-state index contributed by atoms with van der Waals surface area (Å²) in [6.07, 6.45) is 2.49. The number of unbranched alkanes of at least 4 members (excludes halogenated alkanes) is 2. The van der Waals surface area contributed by atoms with Crippen LogP contribution in [0.2, 0.25) is 0 Å². The molecule has 0 unspecified atom stereocenters. The summed E-state index contributed by atoms with van der Waals surface area (Å²) in [6.45, 7) is 3.25. The number of nitriles is 1. The lowest BCUT2D eigenvalue weighted by Gasteiger charge is -2.04. The van der Waals surface area contributed by atoms with E-state index < -0.39 is 0 Å². The highest BCUT2D eigenvalue weighted by Crippen LogP contribution is 2.26. The molecular formula is C17H19FN2O. The third kappa shape index (κ3) is 4.17. The van der Waals surface area contributed by atoms with Crippen LogP contribution in [0.1, 0.15) is 30.6 Å². The summed E-state index contributed by atoms with van der Waals surface area (Å²) in [5.41, 5.74) is 1.39. The van der Waals surface area contributed by atoms with Crippen molar-refractivity contribution in [1.29, 1.82) is 5.26 Å². The van der Waals surface area contributed by atoms with Gasteiger partial charge in [-0.2, -0.15) is 5.26 Å². The van der Waals surface area contributed by atoms with Crippen molar-refractivity contribution in [3.05, 3.63) is 47.5 Å². The average molecular weight is 286 g/mol. The quantitative estimate of drug-likeness (QED) is 0.777. The minimum atomic E-state index is -0.221. The molecule has 0 bridgehead atoms. The first-order valence-corrected chi connectivity index (χ1v) is 7.14. The van der Waals surface area contributed by atoms with Gasteiger partial charge in [-0.05, 0) is 50.1 Å². The number of nitrogens with one attached hydrogen (secondary N) is 1. The standard InChI is InChI=1S/C17H19FN2O/c1-13-15(6-5-7-16(13)18)17-9-8-14(21-17)12-20-11-4-2-3-10-19/h5-9,20H,2-4,11-12H2,1H3. The maximum Gasteiger partial charge on any atom is 0.134 e. The molecule has 1 aromatic heterocycles. The Morgan fingerprint density at radius 2 is 2.10 bits per heavy atom. The second-order valence-electron chi connectivity index (χ2n) is 4.97. The van der Waals surface area contributed by atoms with Crippen molar-refractivity contribution in [2.45, 2.75) is 32.7 Å². The first-order chi connectivity index (χ1) is 10.2. The molecule has 1 N–H and O–H groups in total. The van der Waals surface area contributed by atoms with E-state index in [0.717, 1.165) is 30.7 Å². The van der Waals surface area contributed by atoms with E-state index in [1.165, 1.54) is 6.07 Å². The summed E-state index contributed by atoms with van der Waals surface area (Å²) in [5.74, 6) is 1.29. The van der Waals surface area contributed by atoms with Crippen molar-refractivity contribution < 1.29 is 8.81 Å². The molecule has 0 aliphatic heterocycles. The van der Waals surface area contributed by atoms with E-state index in [-0.39, 0.29) is 5.82 Å². The van der Waals surface area contributed by atoms with Gasteiger partial charge in [0.2, 0.25) is 0 Å². The molecule has 4 heteroatoms. The van der Waals surface area contributed by atoms with Crippen LogP contribution in [0.4, 0.5) is 4.39 Å². The Labute approximate surface area is 124 Å². The first-order valence-electron chi connectivity index (χ1n) is 7.14. The Balaban J connectivity index is 1.90. The normalized spacial score (nSPS) is 10.5. The number of furan rings is 1. The maximum absolute atomic E-state index is 13.5. The molecule has 1 heterocycles. The van der Waals surface area contributed by atoms with Crippen LogP contribution < -0.4 is 5.32 Å². The largest absolute Gasteiger partial charge is 0.460 e. The number of benzene rings is 1. The lowest BCUT2D eigenvalue weighted by molar-refractivity contribution is 0.488. The van der Waals surface area contributed by atoms with Crippen molar-refractivity contribution in [2.24, 2.45) is 0 Å². The molecule has 0 fully saturated rings. The number of hydrogen-bond donors (Lipinski definition) is 1. The Bertz CT molecular complexity index is 628. The van der Waals surface area contributed by atoms with Crippen LogP contribution in [-0.4, -0.2) is 6.54 Å². The van der Waals surface area contributed by atoms with Crippen LogP contribution in [0, 0.1) is 24.1 Å². The average Bonchev–Trinajstić information content (AvgIpc) is 2.94. The van der Waals surface area contributed by atoms with Gasteiger partial charge in [-0.15, -0.1) is 0 Å². The maximum atomic E-state index is 13.5. The zero-order chi connectivity index (χ0) is 15.1. The fourth-order valence-electron chi connectivity index (χ4n) is 2.16. The predicted octanol–water partition coefficient (Wildman–Crippen LogP) is 4.18. The van der Waals surface area contributed by atoms with E-state index in [2.05, 4.69) is 11.4 Å². The molecule has 0 amide bonds. The third-order valence-corrected chi connectivity index (χ3v) is 3.39. The van der Waals surface area contributed by atoms with Gasteiger partial charge in [-0.3, -0.25) is 0 Å². The van der Waals surface area contributed by atoms with Crippen LogP contribution in [-0.2, 0) is 6.54 Å². The molecule has 1 aromatic carbocycles. The molecule has 0 radical (unpaired) electrons. The van der Waals surface area contributed by atoms with Crippen molar-refractivity contribution in [1.82, 2.24) is 5.32 Å². The van der Waals surface area contributed by atoms with Crippen LogP contribution in [0.3, 0.4) is 0 Å². The third-order valence-electron chi connectivity index (χ3n) is 3.39. The SMILES string of the molecule is Cc1c(F)cccc1-c1ccc(CNCCCCC#N)o1. The second kappa shape index (κ2) is 7.61. The zero-order valence-corrected chi connectivity index (χ0v) is 12.2. The molecule has 21 heavy (non-hydrogen) atoms. The summed E-state index contributed by atoms with van der Waals surface area (Å²) in [4.78, 5) is 0. The summed E-state index contributed by atoms with van der Waals surface area (Å²) in [7, 11) is 0. The van der Waals surface area contributed by atoms with Crippen molar-refractivity contribution in [2.75, 3.05) is 6.54 Å². The van der Waals surface area contributed by atoms with Gasteiger partial charge in [0.1, 0.15) is 17.3 Å². The number of nitrogens with zero attached hydrogens (tertiary/aromatic N) is 1. The highest BCUT2D eigenvalue weighted by molar-refractivity contribution is 5.62. The van der Waals surface area contributed by atoms with Gasteiger partial charge >= 0.3 is 0 Å². The van der Waals surface area contributed by atoms with E-state index in [4.69, 9.17) is 9.68 Å². The van der Waals surface area contributed by atoms with Gasteiger partial charge in [0.05, 0.1) is 12.6 Å². The van der Waals surface area contributed by atoms with E-state index in [1.807, 2.05) is 18.2 Å². The lowest BCUT2D eigenvalue weighted by atomic mass is 10.1. The summed E-state index contributed by atoms with van der Waals surface area (Å²) < 4.78 is 19.3. The van der Waals surface area contributed by atoms with Crippen molar-refractivity contribution in [3.63, 3.8) is 0 Å². The molecule has 2 aromatic rings. The summed E-state index contributed by atoms with van der Waals surface area (Å²) >= 11 is 0. The molecule has 0 saturated carbocycles. The first kappa shape index (κ1) is 15.3. The summed E-state index contributed by atoms with van der Waals surface area (Å²) in [6, 6.07) is 10.9. The Morgan fingerprint density at radius 3 is 2.90 bits per heavy atom. The molecule has 0 aliphatic carbocycles. The van der Waals surface area contributed by atoms with E-state index in [1.54, 1.807) is 13.0 Å². The van der Waals surface area contributed by atoms with Crippen LogP contribution in [0.15, 0.2) is 34.7 Å². The molecular weight excluding hydrogens is 267 g/mol. The van der Waals surface area contributed by atoms with Gasteiger partial charge in [-0.25, -0.2) is 4.39 Å². The van der Waals surface area contributed by atoms with Crippen LogP contribution >= 0.6 is 0 Å². The van der Waals surface area contributed by atoms with Gasteiger partial charge in [0.15, 0.2) is 0 Å². The predicted molar refractivity (Wildman–Crippen MR) is 80.0 cm³/mol. The molecule has 0 spiro atoms. The fourth-order valence-corrected chi connectivity index (χ4v) is 2.16. The van der Waals surface area contributed by atoms with Gasteiger partial charge in [0.25, 0.3) is 0 Å². The Kier molecular flexibility index (Phi) is 5.53.